The molecule has 3 rings (SSSR count). The molecule has 0 aliphatic rings. The van der Waals surface area contributed by atoms with Crippen LogP contribution < -0.4 is 4.74 Å². The molecule has 0 saturated carbocycles. The van der Waals surface area contributed by atoms with E-state index in [2.05, 4.69) is 53.2 Å². The molecule has 19 heavy (non-hydrogen) atoms. The fourth-order valence-corrected chi connectivity index (χ4v) is 2.76. The predicted octanol–water partition coefficient (Wildman–Crippen LogP) is 5.09. The number of benzene rings is 2. The van der Waals surface area contributed by atoms with Gasteiger partial charge in [-0.05, 0) is 57.3 Å². The summed E-state index contributed by atoms with van der Waals surface area (Å²) in [5.41, 5.74) is 4.97. The molecule has 3 aromatic rings. The van der Waals surface area contributed by atoms with Crippen molar-refractivity contribution in [3.63, 3.8) is 0 Å². The van der Waals surface area contributed by atoms with Crippen LogP contribution in [0.2, 0.25) is 0 Å². The molecule has 94 valence electrons. The first-order chi connectivity index (χ1) is 9.36. The van der Waals surface area contributed by atoms with E-state index in [1.807, 2.05) is 12.1 Å². The second-order valence-corrected chi connectivity index (χ2v) is 5.10. The highest BCUT2D eigenvalue weighted by Crippen LogP contribution is 2.28. The van der Waals surface area contributed by atoms with E-state index in [0.29, 0.717) is 0 Å². The predicted molar refractivity (Wildman–Crippen MR) is 81.7 cm³/mol. The van der Waals surface area contributed by atoms with Crippen LogP contribution in [0.4, 0.5) is 0 Å². The minimum absolute atomic E-state index is 0.887. The van der Waals surface area contributed by atoms with Crippen molar-refractivity contribution in [2.75, 3.05) is 7.11 Å². The summed E-state index contributed by atoms with van der Waals surface area (Å²) in [4.78, 5) is 0. The van der Waals surface area contributed by atoms with Crippen molar-refractivity contribution in [3.8, 4) is 28.0 Å². The standard InChI is InChI=1S/C17H14OS/c1-18-17-7-5-13(6-8-17)14-3-2-4-15(11-14)16-9-10-19-12-16/h2-12H,1H3. The zero-order chi connectivity index (χ0) is 13.1. The maximum absolute atomic E-state index is 5.19. The van der Waals surface area contributed by atoms with Gasteiger partial charge in [0.1, 0.15) is 5.75 Å². The minimum Gasteiger partial charge on any atom is -0.497 e. The third-order valence-corrected chi connectivity index (χ3v) is 3.82. The van der Waals surface area contributed by atoms with Crippen LogP contribution in [0.1, 0.15) is 0 Å². The van der Waals surface area contributed by atoms with E-state index < -0.39 is 0 Å². The first-order valence-electron chi connectivity index (χ1n) is 6.14. The van der Waals surface area contributed by atoms with Gasteiger partial charge in [0.25, 0.3) is 0 Å². The Morgan fingerprint density at radius 2 is 1.53 bits per heavy atom. The van der Waals surface area contributed by atoms with Gasteiger partial charge in [-0.15, -0.1) is 0 Å². The average molecular weight is 266 g/mol. The number of hydrogen-bond acceptors (Lipinski definition) is 2. The highest BCUT2D eigenvalue weighted by molar-refractivity contribution is 7.08. The van der Waals surface area contributed by atoms with Gasteiger partial charge in [-0.3, -0.25) is 0 Å². The van der Waals surface area contributed by atoms with Crippen LogP contribution in [0.15, 0.2) is 65.4 Å². The summed E-state index contributed by atoms with van der Waals surface area (Å²) in [6.45, 7) is 0. The average Bonchev–Trinajstić information content (AvgIpc) is 3.02. The Labute approximate surface area is 117 Å². The molecule has 0 atom stereocenters. The molecule has 0 saturated heterocycles. The lowest BCUT2D eigenvalue weighted by molar-refractivity contribution is 0.415. The normalized spacial score (nSPS) is 10.4. The van der Waals surface area contributed by atoms with Crippen LogP contribution in [-0.4, -0.2) is 7.11 Å². The van der Waals surface area contributed by atoms with Crippen molar-refractivity contribution in [3.05, 3.63) is 65.4 Å². The third kappa shape index (κ3) is 2.54. The number of methoxy groups -OCH3 is 1. The maximum atomic E-state index is 5.19. The van der Waals surface area contributed by atoms with Crippen molar-refractivity contribution in [1.29, 1.82) is 0 Å². The van der Waals surface area contributed by atoms with E-state index in [-0.39, 0.29) is 0 Å². The minimum atomic E-state index is 0.887. The molecule has 0 N–H and O–H groups in total. The zero-order valence-corrected chi connectivity index (χ0v) is 11.5. The molecule has 0 amide bonds. The second-order valence-electron chi connectivity index (χ2n) is 4.32. The van der Waals surface area contributed by atoms with Gasteiger partial charge in [0, 0.05) is 0 Å². The summed E-state index contributed by atoms with van der Waals surface area (Å²) in [6, 6.07) is 18.9. The van der Waals surface area contributed by atoms with Gasteiger partial charge >= 0.3 is 0 Å². The van der Waals surface area contributed by atoms with Crippen LogP contribution >= 0.6 is 11.3 Å². The Kier molecular flexibility index (Phi) is 3.34. The molecule has 0 radical (unpaired) electrons. The zero-order valence-electron chi connectivity index (χ0n) is 10.7. The fraction of sp³-hybridized carbons (Fsp3) is 0.0588. The van der Waals surface area contributed by atoms with Crippen molar-refractivity contribution < 1.29 is 4.74 Å². The molecule has 0 bridgehead atoms. The van der Waals surface area contributed by atoms with Gasteiger partial charge in [-0.2, -0.15) is 11.3 Å². The van der Waals surface area contributed by atoms with E-state index in [4.69, 9.17) is 4.74 Å². The van der Waals surface area contributed by atoms with E-state index in [1.54, 1.807) is 18.4 Å². The number of thiophene rings is 1. The molecule has 1 heterocycles. The van der Waals surface area contributed by atoms with E-state index in [9.17, 15) is 0 Å². The van der Waals surface area contributed by atoms with E-state index in [0.717, 1.165) is 5.75 Å². The molecule has 1 aromatic heterocycles. The molecule has 2 heteroatoms. The first kappa shape index (κ1) is 12.0. The van der Waals surface area contributed by atoms with Crippen LogP contribution in [0, 0.1) is 0 Å². The van der Waals surface area contributed by atoms with E-state index in [1.165, 1.54) is 22.3 Å². The number of hydrogen-bond donors (Lipinski definition) is 0. The molecule has 1 nitrogen and oxygen atoms in total. The number of ether oxygens (including phenoxy) is 1. The largest absolute Gasteiger partial charge is 0.497 e. The Balaban J connectivity index is 1.98. The Morgan fingerprint density at radius 3 is 2.16 bits per heavy atom. The highest BCUT2D eigenvalue weighted by atomic mass is 32.1. The van der Waals surface area contributed by atoms with Gasteiger partial charge in [0.05, 0.1) is 7.11 Å². The number of rotatable bonds is 3. The van der Waals surface area contributed by atoms with Crippen molar-refractivity contribution in [2.45, 2.75) is 0 Å². The van der Waals surface area contributed by atoms with Crippen LogP contribution in [0.25, 0.3) is 22.3 Å². The van der Waals surface area contributed by atoms with E-state index >= 15 is 0 Å². The SMILES string of the molecule is COc1ccc(-c2cccc(-c3ccsc3)c2)cc1. The molecule has 0 unspecified atom stereocenters. The molecular formula is C17H14OS. The summed E-state index contributed by atoms with van der Waals surface area (Å²) < 4.78 is 5.19. The highest BCUT2D eigenvalue weighted by Gasteiger charge is 2.02. The second kappa shape index (κ2) is 5.29. The van der Waals surface area contributed by atoms with Gasteiger partial charge < -0.3 is 4.74 Å². The lowest BCUT2D eigenvalue weighted by Crippen LogP contribution is -1.83. The topological polar surface area (TPSA) is 9.23 Å². The van der Waals surface area contributed by atoms with Crippen molar-refractivity contribution in [2.24, 2.45) is 0 Å². The maximum Gasteiger partial charge on any atom is 0.118 e. The van der Waals surface area contributed by atoms with Crippen LogP contribution in [-0.2, 0) is 0 Å². The Bertz CT molecular complexity index is 654. The Hall–Kier alpha value is -2.06. The molecule has 0 aliphatic heterocycles. The summed E-state index contributed by atoms with van der Waals surface area (Å²) in [7, 11) is 1.69. The van der Waals surface area contributed by atoms with Gasteiger partial charge in [0.2, 0.25) is 0 Å². The molecule has 0 aliphatic carbocycles. The molecule has 0 spiro atoms. The quantitative estimate of drug-likeness (QED) is 0.641. The summed E-state index contributed by atoms with van der Waals surface area (Å²) in [6.07, 6.45) is 0. The Morgan fingerprint density at radius 1 is 0.789 bits per heavy atom. The van der Waals surface area contributed by atoms with Gasteiger partial charge in [0.15, 0.2) is 0 Å². The summed E-state index contributed by atoms with van der Waals surface area (Å²) >= 11 is 1.72. The monoisotopic (exact) mass is 266 g/mol. The fourth-order valence-electron chi connectivity index (χ4n) is 2.09. The molecule has 2 aromatic carbocycles. The lowest BCUT2D eigenvalue weighted by Gasteiger charge is -2.06. The van der Waals surface area contributed by atoms with Crippen molar-refractivity contribution in [1.82, 2.24) is 0 Å². The third-order valence-electron chi connectivity index (χ3n) is 3.14. The van der Waals surface area contributed by atoms with Gasteiger partial charge in [-0.1, -0.05) is 30.3 Å². The molecular weight excluding hydrogens is 252 g/mol. The molecule has 0 fully saturated rings. The lowest BCUT2D eigenvalue weighted by atomic mass is 10.0. The van der Waals surface area contributed by atoms with Crippen molar-refractivity contribution >= 4 is 11.3 Å². The summed E-state index contributed by atoms with van der Waals surface area (Å²) in [5, 5.41) is 4.28. The van der Waals surface area contributed by atoms with Crippen LogP contribution in [0.3, 0.4) is 0 Å². The smallest absolute Gasteiger partial charge is 0.118 e. The van der Waals surface area contributed by atoms with Gasteiger partial charge in [-0.25, -0.2) is 0 Å². The first-order valence-corrected chi connectivity index (χ1v) is 7.08. The van der Waals surface area contributed by atoms with Crippen LogP contribution in [0.5, 0.6) is 5.75 Å². The summed E-state index contributed by atoms with van der Waals surface area (Å²) in [5.74, 6) is 0.887.